The number of Topliss-reactive ketones (excluding diaryl/α,β-unsaturated/α-hetero) is 1. The van der Waals surface area contributed by atoms with Crippen molar-refractivity contribution >= 4 is 5.78 Å². The Balaban J connectivity index is 2.38. The van der Waals surface area contributed by atoms with Crippen molar-refractivity contribution in [1.29, 1.82) is 0 Å². The lowest BCUT2D eigenvalue weighted by molar-refractivity contribution is -0.274. The molecule has 0 N–H and O–H groups in total. The van der Waals surface area contributed by atoms with Gasteiger partial charge in [0.1, 0.15) is 11.5 Å². The van der Waals surface area contributed by atoms with Gasteiger partial charge in [0, 0.05) is 5.56 Å². The van der Waals surface area contributed by atoms with Crippen LogP contribution in [0.3, 0.4) is 0 Å². The molecule has 0 fully saturated rings. The first-order valence-electron chi connectivity index (χ1n) is 6.35. The zero-order valence-corrected chi connectivity index (χ0v) is 11.9. The van der Waals surface area contributed by atoms with Crippen LogP contribution >= 0.6 is 0 Å². The molecule has 0 atom stereocenters. The number of ketones is 1. The second kappa shape index (κ2) is 6.09. The summed E-state index contributed by atoms with van der Waals surface area (Å²) >= 11 is 0. The van der Waals surface area contributed by atoms with Gasteiger partial charge >= 0.3 is 6.36 Å². The summed E-state index contributed by atoms with van der Waals surface area (Å²) in [6.45, 7) is 1.42. The fraction of sp³-hybridized carbons (Fsp3) is 0.188. The van der Waals surface area contributed by atoms with Crippen molar-refractivity contribution in [3.05, 3.63) is 48.0 Å². The molecule has 0 heterocycles. The van der Waals surface area contributed by atoms with Crippen LogP contribution in [0.15, 0.2) is 42.5 Å². The number of rotatable bonds is 4. The Bertz CT molecular complexity index is 676. The van der Waals surface area contributed by atoms with E-state index in [4.69, 9.17) is 4.74 Å². The number of alkyl halides is 3. The molecule has 22 heavy (non-hydrogen) atoms. The quantitative estimate of drug-likeness (QED) is 0.782. The number of hydrogen-bond donors (Lipinski definition) is 0. The predicted molar refractivity (Wildman–Crippen MR) is 75.1 cm³/mol. The largest absolute Gasteiger partial charge is 0.573 e. The van der Waals surface area contributed by atoms with Crippen LogP contribution in [0.2, 0.25) is 0 Å². The molecule has 0 aliphatic carbocycles. The third-order valence-corrected chi connectivity index (χ3v) is 3.00. The monoisotopic (exact) mass is 310 g/mol. The van der Waals surface area contributed by atoms with Crippen LogP contribution in [-0.2, 0) is 0 Å². The van der Waals surface area contributed by atoms with Crippen molar-refractivity contribution in [1.82, 2.24) is 0 Å². The fourth-order valence-corrected chi connectivity index (χ4v) is 2.03. The first-order valence-corrected chi connectivity index (χ1v) is 6.35. The summed E-state index contributed by atoms with van der Waals surface area (Å²) < 4.78 is 45.3. The van der Waals surface area contributed by atoms with Gasteiger partial charge in [0.05, 0.1) is 7.11 Å². The lowest BCUT2D eigenvalue weighted by Gasteiger charge is -2.11. The highest BCUT2D eigenvalue weighted by Gasteiger charge is 2.31. The van der Waals surface area contributed by atoms with Gasteiger partial charge in [-0.2, -0.15) is 0 Å². The zero-order chi connectivity index (χ0) is 16.3. The van der Waals surface area contributed by atoms with Crippen LogP contribution in [-0.4, -0.2) is 19.3 Å². The second-order valence-electron chi connectivity index (χ2n) is 4.54. The molecular weight excluding hydrogens is 297 g/mol. The summed E-state index contributed by atoms with van der Waals surface area (Å²) in [6, 6.07) is 10.3. The zero-order valence-electron chi connectivity index (χ0n) is 11.9. The molecule has 0 unspecified atom stereocenters. The van der Waals surface area contributed by atoms with Crippen molar-refractivity contribution in [3.63, 3.8) is 0 Å². The minimum atomic E-state index is -4.73. The maximum atomic E-state index is 12.1. The normalized spacial score (nSPS) is 11.1. The molecule has 0 amide bonds. The minimum absolute atomic E-state index is 0.162. The Kier molecular flexibility index (Phi) is 4.40. The van der Waals surface area contributed by atoms with Crippen LogP contribution in [0.1, 0.15) is 17.3 Å². The average Bonchev–Trinajstić information content (AvgIpc) is 2.45. The van der Waals surface area contributed by atoms with Crippen LogP contribution in [0.5, 0.6) is 11.5 Å². The molecular formula is C16H13F3O3. The molecule has 0 spiro atoms. The molecule has 116 valence electrons. The minimum Gasteiger partial charge on any atom is -0.497 e. The van der Waals surface area contributed by atoms with Crippen molar-refractivity contribution < 1.29 is 27.4 Å². The summed E-state index contributed by atoms with van der Waals surface area (Å²) in [5.41, 5.74) is 1.66. The van der Waals surface area contributed by atoms with E-state index in [2.05, 4.69) is 4.74 Å². The third kappa shape index (κ3) is 3.78. The predicted octanol–water partition coefficient (Wildman–Crippen LogP) is 4.46. The van der Waals surface area contributed by atoms with Crippen LogP contribution in [0, 0.1) is 0 Å². The van der Waals surface area contributed by atoms with Gasteiger partial charge in [-0.1, -0.05) is 12.1 Å². The molecule has 2 aromatic rings. The molecule has 0 aromatic heterocycles. The number of halogens is 3. The van der Waals surface area contributed by atoms with E-state index in [0.717, 1.165) is 0 Å². The van der Waals surface area contributed by atoms with Crippen molar-refractivity contribution in [2.24, 2.45) is 0 Å². The number of methoxy groups -OCH3 is 1. The Morgan fingerprint density at radius 1 is 1.00 bits per heavy atom. The van der Waals surface area contributed by atoms with E-state index in [1.54, 1.807) is 18.2 Å². The molecule has 0 radical (unpaired) electrons. The lowest BCUT2D eigenvalue weighted by Crippen LogP contribution is -2.16. The maximum absolute atomic E-state index is 12.1. The Hall–Kier alpha value is -2.50. The Morgan fingerprint density at radius 3 is 2.09 bits per heavy atom. The highest BCUT2D eigenvalue weighted by Crippen LogP contribution is 2.30. The molecule has 6 heteroatoms. The van der Waals surface area contributed by atoms with Crippen LogP contribution in [0.4, 0.5) is 13.2 Å². The standard InChI is InChI=1S/C16H13F3O3/c1-10(20)15-9-13(21-2)7-8-14(15)11-3-5-12(6-4-11)22-16(17,18)19/h3-9H,1-2H3. The SMILES string of the molecule is COc1ccc(-c2ccc(OC(F)(F)F)cc2)c(C(C)=O)c1. The fourth-order valence-electron chi connectivity index (χ4n) is 2.03. The topological polar surface area (TPSA) is 35.5 Å². The van der Waals surface area contributed by atoms with Gasteiger partial charge in [-0.15, -0.1) is 13.2 Å². The first-order chi connectivity index (χ1) is 10.3. The highest BCUT2D eigenvalue weighted by molar-refractivity contribution is 6.01. The van der Waals surface area contributed by atoms with Crippen LogP contribution < -0.4 is 9.47 Å². The molecule has 0 bridgehead atoms. The summed E-state index contributed by atoms with van der Waals surface area (Å²) in [4.78, 5) is 11.7. The van der Waals surface area contributed by atoms with E-state index in [9.17, 15) is 18.0 Å². The van der Waals surface area contributed by atoms with Crippen molar-refractivity contribution in [2.45, 2.75) is 13.3 Å². The van der Waals surface area contributed by atoms with Crippen molar-refractivity contribution in [2.75, 3.05) is 7.11 Å². The molecule has 0 saturated carbocycles. The molecule has 0 aliphatic heterocycles. The van der Waals surface area contributed by atoms with Gasteiger partial charge in [0.15, 0.2) is 5.78 Å². The number of benzene rings is 2. The van der Waals surface area contributed by atoms with E-state index in [0.29, 0.717) is 22.4 Å². The summed E-state index contributed by atoms with van der Waals surface area (Å²) in [7, 11) is 1.49. The summed E-state index contributed by atoms with van der Waals surface area (Å²) in [5.74, 6) is 0.0598. The first kappa shape index (κ1) is 15.9. The molecule has 0 aliphatic rings. The Morgan fingerprint density at radius 2 is 1.59 bits per heavy atom. The average molecular weight is 310 g/mol. The van der Waals surface area contributed by atoms with Gasteiger partial charge in [0.2, 0.25) is 0 Å². The lowest BCUT2D eigenvalue weighted by atomic mass is 9.97. The van der Waals surface area contributed by atoms with E-state index >= 15 is 0 Å². The maximum Gasteiger partial charge on any atom is 0.573 e. The highest BCUT2D eigenvalue weighted by atomic mass is 19.4. The molecule has 3 nitrogen and oxygen atoms in total. The van der Waals surface area contributed by atoms with Gasteiger partial charge in [-0.3, -0.25) is 4.79 Å². The Labute approximate surface area is 125 Å². The van der Waals surface area contributed by atoms with Gasteiger partial charge in [-0.25, -0.2) is 0 Å². The van der Waals surface area contributed by atoms with Crippen molar-refractivity contribution in [3.8, 4) is 22.6 Å². The number of ether oxygens (including phenoxy) is 2. The van der Waals surface area contributed by atoms with Gasteiger partial charge < -0.3 is 9.47 Å². The van der Waals surface area contributed by atoms with Crippen LogP contribution in [0.25, 0.3) is 11.1 Å². The molecule has 2 aromatic carbocycles. The summed E-state index contributed by atoms with van der Waals surface area (Å²) in [6.07, 6.45) is -4.73. The molecule has 2 rings (SSSR count). The van der Waals surface area contributed by atoms with E-state index in [1.165, 1.54) is 38.3 Å². The van der Waals surface area contributed by atoms with E-state index in [-0.39, 0.29) is 11.5 Å². The summed E-state index contributed by atoms with van der Waals surface area (Å²) in [5, 5.41) is 0. The number of carbonyl (C=O) groups excluding carboxylic acids is 1. The van der Waals surface area contributed by atoms with Gasteiger partial charge in [-0.05, 0) is 48.4 Å². The second-order valence-corrected chi connectivity index (χ2v) is 4.54. The van der Waals surface area contributed by atoms with E-state index < -0.39 is 6.36 Å². The number of carbonyl (C=O) groups is 1. The third-order valence-electron chi connectivity index (χ3n) is 3.00. The smallest absolute Gasteiger partial charge is 0.497 e. The van der Waals surface area contributed by atoms with E-state index in [1.807, 2.05) is 0 Å². The van der Waals surface area contributed by atoms with Gasteiger partial charge in [0.25, 0.3) is 0 Å². The number of hydrogen-bond acceptors (Lipinski definition) is 3. The molecule has 0 saturated heterocycles.